The Labute approximate surface area is 145 Å². The molecule has 3 aromatic rings. The van der Waals surface area contributed by atoms with Gasteiger partial charge in [0.25, 0.3) is 0 Å². The largest absolute Gasteiger partial charge is 0.387 e. The molecule has 0 spiro atoms. The number of hydrogen-bond acceptors (Lipinski definition) is 3. The molecule has 2 N–H and O–H groups in total. The van der Waals surface area contributed by atoms with Crippen LogP contribution in [-0.4, -0.2) is 24.6 Å². The van der Waals surface area contributed by atoms with Crippen molar-refractivity contribution in [3.05, 3.63) is 71.7 Å². The van der Waals surface area contributed by atoms with E-state index in [-0.39, 0.29) is 12.1 Å². The standard InChI is InChI=1S/C18H19FN2O3S/c1-21-9-8-13-10-14(6-7-17(13)21)18(22)11-20-25(23,24)12-15-4-2-3-5-16(15)19/h2-10,18,20,22H,11-12H2,1H3. The third kappa shape index (κ3) is 4.07. The van der Waals surface area contributed by atoms with E-state index in [1.165, 1.54) is 18.2 Å². The van der Waals surface area contributed by atoms with Crippen LogP contribution in [0.3, 0.4) is 0 Å². The highest BCUT2D eigenvalue weighted by Gasteiger charge is 2.17. The number of halogens is 1. The fraction of sp³-hybridized carbons (Fsp3) is 0.222. The minimum Gasteiger partial charge on any atom is -0.387 e. The predicted molar refractivity (Wildman–Crippen MR) is 94.9 cm³/mol. The molecule has 0 saturated heterocycles. The number of sulfonamides is 1. The average Bonchev–Trinajstić information content (AvgIpc) is 2.95. The molecule has 0 radical (unpaired) electrons. The second kappa shape index (κ2) is 6.95. The molecule has 1 unspecified atom stereocenters. The van der Waals surface area contributed by atoms with Gasteiger partial charge in [0.15, 0.2) is 0 Å². The van der Waals surface area contributed by atoms with Gasteiger partial charge in [0.05, 0.1) is 11.9 Å². The van der Waals surface area contributed by atoms with E-state index in [0.29, 0.717) is 5.56 Å². The summed E-state index contributed by atoms with van der Waals surface area (Å²) in [6.07, 6.45) is 0.929. The summed E-state index contributed by atoms with van der Waals surface area (Å²) >= 11 is 0. The molecule has 25 heavy (non-hydrogen) atoms. The van der Waals surface area contributed by atoms with E-state index in [2.05, 4.69) is 4.72 Å². The number of aromatic nitrogens is 1. The molecule has 0 fully saturated rings. The number of fused-ring (bicyclic) bond motifs is 1. The van der Waals surface area contributed by atoms with Crippen LogP contribution in [-0.2, 0) is 22.8 Å². The summed E-state index contributed by atoms with van der Waals surface area (Å²) in [4.78, 5) is 0. The van der Waals surface area contributed by atoms with Crippen molar-refractivity contribution in [3.8, 4) is 0 Å². The molecule has 1 atom stereocenters. The first kappa shape index (κ1) is 17.6. The number of aliphatic hydroxyl groups excluding tert-OH is 1. The van der Waals surface area contributed by atoms with Crippen molar-refractivity contribution in [2.24, 2.45) is 7.05 Å². The molecular formula is C18H19FN2O3S. The second-order valence-corrected chi connectivity index (χ2v) is 7.77. The lowest BCUT2D eigenvalue weighted by Gasteiger charge is -2.13. The first-order chi connectivity index (χ1) is 11.9. The summed E-state index contributed by atoms with van der Waals surface area (Å²) < 4.78 is 42.1. The molecule has 0 aliphatic rings. The van der Waals surface area contributed by atoms with Crippen molar-refractivity contribution in [3.63, 3.8) is 0 Å². The molecule has 2 aromatic carbocycles. The normalized spacial score (nSPS) is 13.2. The smallest absolute Gasteiger partial charge is 0.215 e. The minimum atomic E-state index is -3.75. The van der Waals surface area contributed by atoms with Crippen LogP contribution in [0.2, 0.25) is 0 Å². The molecular weight excluding hydrogens is 343 g/mol. The van der Waals surface area contributed by atoms with Gasteiger partial charge in [-0.1, -0.05) is 24.3 Å². The number of nitrogens with one attached hydrogen (secondary N) is 1. The predicted octanol–water partition coefficient (Wildman–Crippen LogP) is 2.47. The highest BCUT2D eigenvalue weighted by Crippen LogP contribution is 2.21. The highest BCUT2D eigenvalue weighted by atomic mass is 32.2. The number of hydrogen-bond donors (Lipinski definition) is 2. The van der Waals surface area contributed by atoms with Gasteiger partial charge in [0, 0.05) is 30.9 Å². The molecule has 132 valence electrons. The van der Waals surface area contributed by atoms with Gasteiger partial charge in [0.1, 0.15) is 5.82 Å². The molecule has 0 aliphatic carbocycles. The average molecular weight is 362 g/mol. The van der Waals surface area contributed by atoms with Crippen LogP contribution in [0.1, 0.15) is 17.2 Å². The molecule has 0 bridgehead atoms. The van der Waals surface area contributed by atoms with Crippen LogP contribution in [0.5, 0.6) is 0 Å². The number of aliphatic hydroxyl groups is 1. The van der Waals surface area contributed by atoms with Crippen molar-refractivity contribution in [1.82, 2.24) is 9.29 Å². The second-order valence-electron chi connectivity index (χ2n) is 5.96. The van der Waals surface area contributed by atoms with E-state index in [1.807, 2.05) is 36.0 Å². The van der Waals surface area contributed by atoms with Crippen LogP contribution < -0.4 is 4.72 Å². The van der Waals surface area contributed by atoms with Gasteiger partial charge in [0.2, 0.25) is 10.0 Å². The van der Waals surface area contributed by atoms with Crippen molar-refractivity contribution < 1.29 is 17.9 Å². The molecule has 1 aromatic heterocycles. The molecule has 5 nitrogen and oxygen atoms in total. The zero-order valence-corrected chi connectivity index (χ0v) is 14.5. The lowest BCUT2D eigenvalue weighted by atomic mass is 10.1. The fourth-order valence-electron chi connectivity index (χ4n) is 2.70. The van der Waals surface area contributed by atoms with Gasteiger partial charge in [-0.05, 0) is 35.2 Å². The van der Waals surface area contributed by atoms with Crippen LogP contribution in [0.4, 0.5) is 4.39 Å². The zero-order valence-electron chi connectivity index (χ0n) is 13.7. The van der Waals surface area contributed by atoms with Crippen LogP contribution in [0, 0.1) is 5.82 Å². The fourth-order valence-corrected chi connectivity index (χ4v) is 3.86. The van der Waals surface area contributed by atoms with E-state index in [4.69, 9.17) is 0 Å². The third-order valence-electron chi connectivity index (χ3n) is 4.09. The molecule has 7 heteroatoms. The summed E-state index contributed by atoms with van der Waals surface area (Å²) in [6, 6.07) is 13.1. The van der Waals surface area contributed by atoms with Crippen molar-refractivity contribution in [1.29, 1.82) is 0 Å². The summed E-state index contributed by atoms with van der Waals surface area (Å²) in [5, 5.41) is 11.2. The number of nitrogens with zero attached hydrogens (tertiary/aromatic N) is 1. The maximum Gasteiger partial charge on any atom is 0.215 e. The SMILES string of the molecule is Cn1ccc2cc(C(O)CNS(=O)(=O)Cc3ccccc3F)ccc21. The van der Waals surface area contributed by atoms with Crippen LogP contribution >= 0.6 is 0 Å². The van der Waals surface area contributed by atoms with E-state index >= 15 is 0 Å². The first-order valence-electron chi connectivity index (χ1n) is 7.79. The molecule has 0 amide bonds. The Kier molecular flexibility index (Phi) is 4.89. The quantitative estimate of drug-likeness (QED) is 0.708. The van der Waals surface area contributed by atoms with Gasteiger partial charge in [-0.15, -0.1) is 0 Å². The Morgan fingerprint density at radius 1 is 1.20 bits per heavy atom. The van der Waals surface area contributed by atoms with Crippen LogP contribution in [0.15, 0.2) is 54.7 Å². The Bertz CT molecular complexity index is 998. The van der Waals surface area contributed by atoms with Gasteiger partial charge in [-0.2, -0.15) is 0 Å². The maximum absolute atomic E-state index is 13.6. The number of aryl methyl sites for hydroxylation is 1. The van der Waals surface area contributed by atoms with E-state index < -0.39 is 27.7 Å². The summed E-state index contributed by atoms with van der Waals surface area (Å²) in [5.41, 5.74) is 1.73. The molecule has 3 rings (SSSR count). The Morgan fingerprint density at radius 2 is 1.96 bits per heavy atom. The Morgan fingerprint density at radius 3 is 2.72 bits per heavy atom. The zero-order chi connectivity index (χ0) is 18.0. The lowest BCUT2D eigenvalue weighted by Crippen LogP contribution is -2.29. The molecule has 0 saturated carbocycles. The van der Waals surface area contributed by atoms with E-state index in [0.717, 1.165) is 10.9 Å². The van der Waals surface area contributed by atoms with Crippen molar-refractivity contribution >= 4 is 20.9 Å². The van der Waals surface area contributed by atoms with E-state index in [9.17, 15) is 17.9 Å². The monoisotopic (exact) mass is 362 g/mol. The Hall–Kier alpha value is -2.22. The molecule has 0 aliphatic heterocycles. The summed E-state index contributed by atoms with van der Waals surface area (Å²) in [5.74, 6) is -1.03. The summed E-state index contributed by atoms with van der Waals surface area (Å²) in [7, 11) is -1.83. The lowest BCUT2D eigenvalue weighted by molar-refractivity contribution is 0.182. The third-order valence-corrected chi connectivity index (χ3v) is 5.39. The van der Waals surface area contributed by atoms with Gasteiger partial charge in [-0.25, -0.2) is 17.5 Å². The first-order valence-corrected chi connectivity index (χ1v) is 9.45. The highest BCUT2D eigenvalue weighted by molar-refractivity contribution is 7.88. The van der Waals surface area contributed by atoms with Crippen molar-refractivity contribution in [2.45, 2.75) is 11.9 Å². The Balaban J connectivity index is 1.67. The van der Waals surface area contributed by atoms with Crippen molar-refractivity contribution in [2.75, 3.05) is 6.54 Å². The van der Waals surface area contributed by atoms with E-state index in [1.54, 1.807) is 12.1 Å². The number of rotatable bonds is 6. The van der Waals surface area contributed by atoms with Gasteiger partial charge < -0.3 is 9.67 Å². The van der Waals surface area contributed by atoms with Crippen LogP contribution in [0.25, 0.3) is 10.9 Å². The number of benzene rings is 2. The van der Waals surface area contributed by atoms with Gasteiger partial charge >= 0.3 is 0 Å². The summed E-state index contributed by atoms with van der Waals surface area (Å²) in [6.45, 7) is -0.172. The molecule has 1 heterocycles. The topological polar surface area (TPSA) is 71.3 Å². The maximum atomic E-state index is 13.6. The minimum absolute atomic E-state index is 0.0928. The van der Waals surface area contributed by atoms with Gasteiger partial charge in [-0.3, -0.25) is 0 Å².